The number of thiophene rings is 1. The molecule has 0 aliphatic rings. The van der Waals surface area contributed by atoms with Crippen molar-refractivity contribution >= 4 is 29.8 Å². The van der Waals surface area contributed by atoms with E-state index in [1.54, 1.807) is 11.3 Å². The molecule has 1 heterocycles. The molecule has 1 amide bonds. The van der Waals surface area contributed by atoms with Gasteiger partial charge in [-0.2, -0.15) is 11.3 Å². The van der Waals surface area contributed by atoms with E-state index in [4.69, 9.17) is 5.73 Å². The molecular formula is C11H17NOSSi. The Morgan fingerprint density at radius 1 is 1.60 bits per heavy atom. The number of hydrogen-bond donors (Lipinski definition) is 1. The van der Waals surface area contributed by atoms with Gasteiger partial charge >= 0.3 is 0 Å². The Morgan fingerprint density at radius 3 is 2.60 bits per heavy atom. The molecule has 0 aliphatic heterocycles. The number of primary amides is 1. The van der Waals surface area contributed by atoms with Crippen LogP contribution in [0.25, 0.3) is 0 Å². The molecule has 0 aliphatic carbocycles. The molecule has 0 atom stereocenters. The Labute approximate surface area is 95.8 Å². The van der Waals surface area contributed by atoms with E-state index in [-0.39, 0.29) is 5.91 Å². The van der Waals surface area contributed by atoms with Crippen LogP contribution < -0.4 is 10.2 Å². The number of carbonyl (C=O) groups is 1. The van der Waals surface area contributed by atoms with E-state index in [0.717, 1.165) is 17.5 Å². The second-order valence-corrected chi connectivity index (χ2v) is 10.8. The predicted octanol–water partition coefficient (Wildman–Crippen LogP) is 2.12. The topological polar surface area (TPSA) is 43.1 Å². The van der Waals surface area contributed by atoms with Crippen LogP contribution in [0.4, 0.5) is 0 Å². The molecule has 15 heavy (non-hydrogen) atoms. The highest BCUT2D eigenvalue weighted by Crippen LogP contribution is 2.18. The smallest absolute Gasteiger partial charge is 0.249 e. The maximum atomic E-state index is 11.4. The summed E-state index contributed by atoms with van der Waals surface area (Å²) in [6.07, 6.45) is 2.53. The molecule has 1 aromatic heterocycles. The van der Waals surface area contributed by atoms with Crippen molar-refractivity contribution in [1.82, 2.24) is 0 Å². The van der Waals surface area contributed by atoms with Gasteiger partial charge in [0.15, 0.2) is 0 Å². The van der Waals surface area contributed by atoms with Crippen molar-refractivity contribution < 1.29 is 4.79 Å². The summed E-state index contributed by atoms with van der Waals surface area (Å²) in [5.74, 6) is -0.300. The van der Waals surface area contributed by atoms with Crippen molar-refractivity contribution in [3.8, 4) is 0 Å². The molecule has 0 radical (unpaired) electrons. The van der Waals surface area contributed by atoms with E-state index in [1.807, 2.05) is 11.5 Å². The normalized spacial score (nSPS) is 11.4. The lowest BCUT2D eigenvalue weighted by Crippen LogP contribution is -2.40. The third-order valence-corrected chi connectivity index (χ3v) is 6.80. The van der Waals surface area contributed by atoms with E-state index in [2.05, 4.69) is 26.2 Å². The molecule has 0 bridgehead atoms. The summed E-state index contributed by atoms with van der Waals surface area (Å²) < 4.78 is 1.20. The molecule has 2 N–H and O–H groups in total. The number of carbonyl (C=O) groups excluding carboxylic acids is 1. The number of allylic oxidation sites excluding steroid dienone is 1. The lowest BCUT2D eigenvalue weighted by atomic mass is 10.1. The highest BCUT2D eigenvalue weighted by atomic mass is 32.1. The molecule has 1 rings (SSSR count). The highest BCUT2D eigenvalue weighted by Gasteiger charge is 2.26. The van der Waals surface area contributed by atoms with Gasteiger partial charge in [-0.15, -0.1) is 6.58 Å². The number of nitrogens with two attached hydrogens (primary N) is 1. The summed E-state index contributed by atoms with van der Waals surface area (Å²) in [5, 5.41) is 2.04. The molecule has 0 aromatic carbocycles. The number of hydrogen-bond acceptors (Lipinski definition) is 2. The van der Waals surface area contributed by atoms with E-state index < -0.39 is 8.07 Å². The fourth-order valence-corrected chi connectivity index (χ4v) is 4.97. The van der Waals surface area contributed by atoms with Gasteiger partial charge in [0, 0.05) is 4.50 Å². The summed E-state index contributed by atoms with van der Waals surface area (Å²) in [6, 6.07) is 0. The van der Waals surface area contributed by atoms with Crippen LogP contribution in [0.3, 0.4) is 0 Å². The first-order valence-electron chi connectivity index (χ1n) is 4.89. The van der Waals surface area contributed by atoms with Crippen LogP contribution in [0.1, 0.15) is 15.9 Å². The maximum absolute atomic E-state index is 11.4. The minimum Gasteiger partial charge on any atom is -0.366 e. The maximum Gasteiger partial charge on any atom is 0.249 e. The monoisotopic (exact) mass is 239 g/mol. The lowest BCUT2D eigenvalue weighted by Gasteiger charge is -2.15. The van der Waals surface area contributed by atoms with Crippen molar-refractivity contribution in [2.24, 2.45) is 5.73 Å². The SMILES string of the molecule is C=CCc1csc([Si](C)(C)C)c1C(N)=O. The van der Waals surface area contributed by atoms with Crippen LogP contribution in [0.2, 0.25) is 19.6 Å². The van der Waals surface area contributed by atoms with Crippen LogP contribution in [0, 0.1) is 0 Å². The molecule has 0 saturated heterocycles. The molecule has 0 fully saturated rings. The van der Waals surface area contributed by atoms with Gasteiger partial charge in [0.1, 0.15) is 0 Å². The molecule has 0 saturated carbocycles. The number of amides is 1. The first kappa shape index (κ1) is 12.2. The summed E-state index contributed by atoms with van der Waals surface area (Å²) in [7, 11) is -1.47. The average molecular weight is 239 g/mol. The first-order chi connectivity index (χ1) is 6.88. The number of rotatable bonds is 4. The highest BCUT2D eigenvalue weighted by molar-refractivity contribution is 7.25. The summed E-state index contributed by atoms with van der Waals surface area (Å²) in [6.45, 7) is 10.4. The van der Waals surface area contributed by atoms with Gasteiger partial charge in [-0.1, -0.05) is 25.7 Å². The van der Waals surface area contributed by atoms with Gasteiger partial charge in [-0.05, 0) is 17.4 Å². The van der Waals surface area contributed by atoms with Crippen LogP contribution in [-0.4, -0.2) is 14.0 Å². The van der Waals surface area contributed by atoms with Gasteiger partial charge < -0.3 is 5.73 Å². The molecule has 82 valence electrons. The third kappa shape index (κ3) is 2.57. The lowest BCUT2D eigenvalue weighted by molar-refractivity contribution is 0.100. The van der Waals surface area contributed by atoms with Gasteiger partial charge in [-0.3, -0.25) is 4.79 Å². The fourth-order valence-electron chi connectivity index (χ4n) is 1.52. The van der Waals surface area contributed by atoms with E-state index in [1.165, 1.54) is 4.50 Å². The zero-order valence-electron chi connectivity index (χ0n) is 9.46. The largest absolute Gasteiger partial charge is 0.366 e. The zero-order valence-corrected chi connectivity index (χ0v) is 11.3. The molecular weight excluding hydrogens is 222 g/mol. The van der Waals surface area contributed by atoms with Gasteiger partial charge in [0.2, 0.25) is 5.91 Å². The van der Waals surface area contributed by atoms with Crippen LogP contribution in [0.15, 0.2) is 18.0 Å². The van der Waals surface area contributed by atoms with Crippen LogP contribution in [-0.2, 0) is 6.42 Å². The van der Waals surface area contributed by atoms with Crippen molar-refractivity contribution in [3.05, 3.63) is 29.2 Å². The summed E-state index contributed by atoms with van der Waals surface area (Å²) in [5.41, 5.74) is 7.22. The van der Waals surface area contributed by atoms with Crippen molar-refractivity contribution in [2.45, 2.75) is 26.1 Å². The fraction of sp³-hybridized carbons (Fsp3) is 0.364. The first-order valence-corrected chi connectivity index (χ1v) is 9.27. The third-order valence-electron chi connectivity index (χ3n) is 2.16. The van der Waals surface area contributed by atoms with E-state index in [9.17, 15) is 4.79 Å². The van der Waals surface area contributed by atoms with Crippen LogP contribution >= 0.6 is 11.3 Å². The second-order valence-electron chi connectivity index (χ2n) is 4.57. The van der Waals surface area contributed by atoms with Gasteiger partial charge in [0.25, 0.3) is 0 Å². The Bertz CT molecular complexity index is 390. The minimum absolute atomic E-state index is 0.300. The Morgan fingerprint density at radius 2 is 2.20 bits per heavy atom. The Balaban J connectivity index is 3.30. The predicted molar refractivity (Wildman–Crippen MR) is 69.7 cm³/mol. The van der Waals surface area contributed by atoms with Crippen LogP contribution in [0.5, 0.6) is 0 Å². The van der Waals surface area contributed by atoms with Gasteiger partial charge in [-0.25, -0.2) is 0 Å². The molecule has 1 aromatic rings. The zero-order chi connectivity index (χ0) is 11.6. The second kappa shape index (κ2) is 4.33. The van der Waals surface area contributed by atoms with Gasteiger partial charge in [0.05, 0.1) is 13.6 Å². The summed E-state index contributed by atoms with van der Waals surface area (Å²) in [4.78, 5) is 11.4. The average Bonchev–Trinajstić information content (AvgIpc) is 2.47. The van der Waals surface area contributed by atoms with Crippen molar-refractivity contribution in [2.75, 3.05) is 0 Å². The molecule has 0 unspecified atom stereocenters. The quantitative estimate of drug-likeness (QED) is 0.635. The molecule has 2 nitrogen and oxygen atoms in total. The summed E-state index contributed by atoms with van der Waals surface area (Å²) >= 11 is 1.66. The molecule has 0 spiro atoms. The van der Waals surface area contributed by atoms with E-state index >= 15 is 0 Å². The molecule has 4 heteroatoms. The standard InChI is InChI=1S/C11H17NOSSi/c1-5-6-8-7-14-11(15(2,3)4)9(8)10(12)13/h5,7H,1,6H2,2-4H3,(H2,12,13). The van der Waals surface area contributed by atoms with Crippen molar-refractivity contribution in [3.63, 3.8) is 0 Å². The Hall–Kier alpha value is -0.873. The Kier molecular flexibility index (Phi) is 3.52. The van der Waals surface area contributed by atoms with Crippen molar-refractivity contribution in [1.29, 1.82) is 0 Å². The minimum atomic E-state index is -1.47. The van der Waals surface area contributed by atoms with E-state index in [0.29, 0.717) is 0 Å².